The molecule has 9 rings (SSSR count). The summed E-state index contributed by atoms with van der Waals surface area (Å²) in [5, 5.41) is 5.26. The first-order valence-electron chi connectivity index (χ1n) is 20.2. The van der Waals surface area contributed by atoms with Crippen LogP contribution in [0.3, 0.4) is 0 Å². The number of fused-ring (bicyclic) bond motifs is 6. The molecule has 0 aromatic carbocycles. The third-order valence-electron chi connectivity index (χ3n) is 9.71. The van der Waals surface area contributed by atoms with Gasteiger partial charge in [-0.15, -0.1) is 0 Å². The number of hydrogen-bond donors (Lipinski definition) is 3. The Bertz CT molecular complexity index is 2650. The maximum Gasteiger partial charge on any atom is 0.225 e. The van der Waals surface area contributed by atoms with Crippen LogP contribution in [0.5, 0.6) is 0 Å². The Balaban J connectivity index is 0.000000161. The summed E-state index contributed by atoms with van der Waals surface area (Å²) in [6.07, 6.45) is 19.2. The molecule has 0 spiro atoms. The molecule has 5 N–H and O–H groups in total. The first kappa shape index (κ1) is 43.4. The van der Waals surface area contributed by atoms with Gasteiger partial charge in [-0.05, 0) is 87.8 Å². The predicted octanol–water partition coefficient (Wildman–Crippen LogP) is 6.62. The average molecular weight is 831 g/mol. The van der Waals surface area contributed by atoms with Crippen molar-refractivity contribution in [1.29, 1.82) is 0 Å². The van der Waals surface area contributed by atoms with Gasteiger partial charge in [0.15, 0.2) is 0 Å². The smallest absolute Gasteiger partial charge is 0.225 e. The molecule has 1 aliphatic heterocycles. The summed E-state index contributed by atoms with van der Waals surface area (Å²) >= 11 is 0. The lowest BCUT2D eigenvalue weighted by molar-refractivity contribution is 0.198. The van der Waals surface area contributed by atoms with Gasteiger partial charge in [0.05, 0.1) is 33.2 Å². The Morgan fingerprint density at radius 2 is 1.25 bits per heavy atom. The van der Waals surface area contributed by atoms with E-state index in [2.05, 4.69) is 59.0 Å². The number of anilines is 3. The lowest BCUT2D eigenvalue weighted by atomic mass is 10.1. The molecule has 17 heteroatoms. The van der Waals surface area contributed by atoms with E-state index in [1.165, 1.54) is 25.7 Å². The van der Waals surface area contributed by atoms with Crippen LogP contribution in [-0.2, 0) is 15.5 Å². The standard InChI is InChI=1S/C19H21N7.C15H12N6OS.C5H13N.C4H8O/c1-3-4-12-25(2)19-23-10-7-14(24-19)16-13-6-5-9-21-17(13)26-15(16)8-11-22-18(26)20;1-23(22)15-19-7-4-10(20-15)12-9-3-2-6-17-13(9)21-11(12)5-8-18-14(21)16;1-3-4-5-6-2;1-2-4-5-3-1/h5-11H,3-4,12H2,1-2H3,(H2,20,22);2-8H,1H3,(H2,16,18);6H,3-5H2,1-2H3;1-4H2. The van der Waals surface area contributed by atoms with Crippen molar-refractivity contribution in [2.45, 2.75) is 57.5 Å². The van der Waals surface area contributed by atoms with Gasteiger partial charge in [0.2, 0.25) is 23.0 Å². The Hall–Kier alpha value is -6.17. The lowest BCUT2D eigenvalue weighted by Gasteiger charge is -2.16. The van der Waals surface area contributed by atoms with Crippen LogP contribution in [0.1, 0.15) is 52.4 Å². The second-order valence-electron chi connectivity index (χ2n) is 14.0. The number of nitrogens with two attached hydrogens (primary N) is 2. The number of nitrogen functional groups attached to an aromatic ring is 2. The highest BCUT2D eigenvalue weighted by Gasteiger charge is 2.19. The van der Waals surface area contributed by atoms with Crippen LogP contribution in [0.4, 0.5) is 17.8 Å². The molecule has 0 radical (unpaired) electrons. The van der Waals surface area contributed by atoms with Crippen molar-refractivity contribution in [3.63, 3.8) is 0 Å². The number of nitrogens with one attached hydrogen (secondary N) is 1. The third kappa shape index (κ3) is 9.98. The number of pyridine rings is 2. The molecule has 1 saturated heterocycles. The van der Waals surface area contributed by atoms with E-state index < -0.39 is 10.8 Å². The fraction of sp³-hybridized carbons (Fsp3) is 0.349. The summed E-state index contributed by atoms with van der Waals surface area (Å²) in [6, 6.07) is 15.3. The van der Waals surface area contributed by atoms with Crippen LogP contribution >= 0.6 is 0 Å². The highest BCUT2D eigenvalue weighted by Crippen LogP contribution is 2.36. The van der Waals surface area contributed by atoms with Crippen molar-refractivity contribution in [3.05, 3.63) is 85.7 Å². The Morgan fingerprint density at radius 1 is 0.717 bits per heavy atom. The highest BCUT2D eigenvalue weighted by atomic mass is 32.2. The van der Waals surface area contributed by atoms with Crippen molar-refractivity contribution in [2.24, 2.45) is 0 Å². The second-order valence-corrected chi connectivity index (χ2v) is 15.3. The van der Waals surface area contributed by atoms with Gasteiger partial charge in [-0.2, -0.15) is 0 Å². The van der Waals surface area contributed by atoms with Crippen molar-refractivity contribution >= 4 is 61.7 Å². The summed E-state index contributed by atoms with van der Waals surface area (Å²) in [5.41, 5.74) is 18.8. The summed E-state index contributed by atoms with van der Waals surface area (Å²) in [6.45, 7) is 8.46. The zero-order valence-corrected chi connectivity index (χ0v) is 35.8. The van der Waals surface area contributed by atoms with Crippen LogP contribution in [0, 0.1) is 0 Å². The molecular formula is C43H54N14O2S. The van der Waals surface area contributed by atoms with E-state index in [-0.39, 0.29) is 0 Å². The van der Waals surface area contributed by atoms with Crippen LogP contribution in [-0.4, -0.2) is 99.5 Å². The van der Waals surface area contributed by atoms with E-state index in [4.69, 9.17) is 21.2 Å². The van der Waals surface area contributed by atoms with Crippen LogP contribution < -0.4 is 21.7 Å². The van der Waals surface area contributed by atoms with Crippen molar-refractivity contribution in [1.82, 2.24) is 54.0 Å². The van der Waals surface area contributed by atoms with Gasteiger partial charge in [0.25, 0.3) is 0 Å². The minimum absolute atomic E-state index is 0.293. The summed E-state index contributed by atoms with van der Waals surface area (Å²) in [4.78, 5) is 37.1. The fourth-order valence-corrected chi connectivity index (χ4v) is 7.16. The van der Waals surface area contributed by atoms with Gasteiger partial charge >= 0.3 is 0 Å². The highest BCUT2D eigenvalue weighted by molar-refractivity contribution is 7.84. The van der Waals surface area contributed by atoms with Crippen molar-refractivity contribution in [3.8, 4) is 22.5 Å². The van der Waals surface area contributed by atoms with Gasteiger partial charge in [-0.1, -0.05) is 26.7 Å². The van der Waals surface area contributed by atoms with Gasteiger partial charge in [0, 0.05) is 92.1 Å². The minimum atomic E-state index is -1.25. The molecule has 8 aromatic heterocycles. The largest absolute Gasteiger partial charge is 0.381 e. The molecule has 0 aliphatic carbocycles. The third-order valence-corrected chi connectivity index (χ3v) is 10.4. The van der Waals surface area contributed by atoms with E-state index >= 15 is 0 Å². The average Bonchev–Trinajstić information content (AvgIpc) is 4.05. The fourth-order valence-electron chi connectivity index (χ4n) is 6.72. The molecule has 1 fully saturated rings. The molecule has 0 bridgehead atoms. The SMILES string of the molecule is C1CCOC1.CCCCN(C)c1nccc(-c2c3cccnc3n3c(N)nccc23)n1.CCCCNC.CS(=O)c1nccc(-c2c3cccnc3n3c(N)nccc23)n1. The van der Waals surface area contributed by atoms with E-state index in [0.29, 0.717) is 28.4 Å². The van der Waals surface area contributed by atoms with Gasteiger partial charge in [-0.3, -0.25) is 13.0 Å². The topological polar surface area (TPSA) is 206 Å². The number of aromatic nitrogens is 10. The first-order chi connectivity index (χ1) is 29.3. The van der Waals surface area contributed by atoms with Crippen LogP contribution in [0.25, 0.3) is 55.6 Å². The number of rotatable bonds is 10. The monoisotopic (exact) mass is 830 g/mol. The number of ether oxygens (including phenoxy) is 1. The molecule has 1 unspecified atom stereocenters. The maximum atomic E-state index is 11.7. The molecule has 0 amide bonds. The molecule has 8 aromatic rings. The number of nitrogens with zero attached hydrogens (tertiary/aromatic N) is 11. The quantitative estimate of drug-likeness (QED) is 0.0979. The zero-order valence-electron chi connectivity index (χ0n) is 35.0. The molecule has 16 nitrogen and oxygen atoms in total. The minimum Gasteiger partial charge on any atom is -0.381 e. The van der Waals surface area contributed by atoms with Crippen molar-refractivity contribution < 1.29 is 8.95 Å². The Labute approximate surface area is 352 Å². The second kappa shape index (κ2) is 21.2. The summed E-state index contributed by atoms with van der Waals surface area (Å²) < 4.78 is 20.3. The van der Waals surface area contributed by atoms with E-state index in [9.17, 15) is 4.21 Å². The normalized spacial score (nSPS) is 12.7. The van der Waals surface area contributed by atoms with Gasteiger partial charge in [0.1, 0.15) is 11.3 Å². The van der Waals surface area contributed by atoms with Crippen LogP contribution in [0.2, 0.25) is 0 Å². The maximum absolute atomic E-state index is 11.7. The molecule has 1 atom stereocenters. The molecular weight excluding hydrogens is 777 g/mol. The Kier molecular flexibility index (Phi) is 15.3. The van der Waals surface area contributed by atoms with Crippen molar-refractivity contribution in [2.75, 3.05) is 63.0 Å². The van der Waals surface area contributed by atoms with E-state index in [0.717, 1.165) is 89.4 Å². The number of unbranched alkanes of at least 4 members (excludes halogenated alkanes) is 2. The number of hydrogen-bond acceptors (Lipinski definition) is 14. The lowest BCUT2D eigenvalue weighted by Crippen LogP contribution is -2.20. The first-order valence-corrected chi connectivity index (χ1v) is 21.8. The Morgan fingerprint density at radius 3 is 1.73 bits per heavy atom. The molecule has 0 saturated carbocycles. The zero-order chi connectivity index (χ0) is 42.4. The van der Waals surface area contributed by atoms with Gasteiger partial charge < -0.3 is 26.4 Å². The molecule has 60 heavy (non-hydrogen) atoms. The van der Waals surface area contributed by atoms with Crippen LogP contribution in [0.15, 0.2) is 90.9 Å². The summed E-state index contributed by atoms with van der Waals surface area (Å²) in [5.74, 6) is 1.48. The van der Waals surface area contributed by atoms with E-state index in [1.807, 2.05) is 61.0 Å². The predicted molar refractivity (Wildman–Crippen MR) is 241 cm³/mol. The molecule has 314 valence electrons. The van der Waals surface area contributed by atoms with E-state index in [1.54, 1.807) is 53.9 Å². The van der Waals surface area contributed by atoms with Gasteiger partial charge in [-0.25, -0.2) is 39.9 Å². The molecule has 1 aliphatic rings. The molecule has 9 heterocycles. The summed E-state index contributed by atoms with van der Waals surface area (Å²) in [7, 11) is 2.75.